The molecule has 0 unspecified atom stereocenters. The smallest absolute Gasteiger partial charge is 0.0879 e. The van der Waals surface area contributed by atoms with Crippen molar-refractivity contribution >= 4 is 39.1 Å². The number of hydrogen-bond donors (Lipinski definition) is 0. The standard InChI is InChI=1S/C4H5BrCl2/c1-3(2-5)4(6)7/h2H2,1H3. The molecule has 0 nitrogen and oxygen atoms in total. The summed E-state index contributed by atoms with van der Waals surface area (Å²) in [4.78, 5) is 0. The number of hydrogen-bond acceptors (Lipinski definition) is 0. The normalized spacial score (nSPS) is 8.57. The summed E-state index contributed by atoms with van der Waals surface area (Å²) in [6.45, 7) is 1.87. The van der Waals surface area contributed by atoms with Crippen LogP contribution >= 0.6 is 39.1 Å². The van der Waals surface area contributed by atoms with E-state index in [1.54, 1.807) is 0 Å². The Bertz CT molecular complexity index is 83.7. The lowest BCUT2D eigenvalue weighted by Gasteiger charge is -1.88. The van der Waals surface area contributed by atoms with Gasteiger partial charge in [0, 0.05) is 5.33 Å². The van der Waals surface area contributed by atoms with Crippen molar-refractivity contribution in [3.05, 3.63) is 10.1 Å². The lowest BCUT2D eigenvalue weighted by Crippen LogP contribution is -1.73. The SMILES string of the molecule is CC(CBr)=C(Cl)Cl. The van der Waals surface area contributed by atoms with Crippen molar-refractivity contribution in [3.63, 3.8) is 0 Å². The van der Waals surface area contributed by atoms with E-state index in [1.807, 2.05) is 6.92 Å². The molecule has 0 spiro atoms. The Balaban J connectivity index is 3.72. The monoisotopic (exact) mass is 202 g/mol. The van der Waals surface area contributed by atoms with Crippen LogP contribution in [-0.4, -0.2) is 5.33 Å². The highest BCUT2D eigenvalue weighted by Gasteiger charge is 1.89. The Hall–Kier alpha value is 0.800. The van der Waals surface area contributed by atoms with Crippen LogP contribution < -0.4 is 0 Å². The van der Waals surface area contributed by atoms with Gasteiger partial charge in [0.15, 0.2) is 0 Å². The molecule has 0 N–H and O–H groups in total. The summed E-state index contributed by atoms with van der Waals surface area (Å²) in [6, 6.07) is 0. The van der Waals surface area contributed by atoms with Gasteiger partial charge in [0.2, 0.25) is 0 Å². The highest BCUT2D eigenvalue weighted by molar-refractivity contribution is 9.09. The predicted molar refractivity (Wildman–Crippen MR) is 38.2 cm³/mol. The van der Waals surface area contributed by atoms with Crippen molar-refractivity contribution in [1.29, 1.82) is 0 Å². The minimum Gasteiger partial charge on any atom is -0.0879 e. The second kappa shape index (κ2) is 3.76. The van der Waals surface area contributed by atoms with Gasteiger partial charge in [-0.2, -0.15) is 0 Å². The van der Waals surface area contributed by atoms with Crippen LogP contribution in [0.1, 0.15) is 6.92 Å². The van der Waals surface area contributed by atoms with Crippen LogP contribution in [-0.2, 0) is 0 Å². The van der Waals surface area contributed by atoms with Gasteiger partial charge < -0.3 is 0 Å². The quantitative estimate of drug-likeness (QED) is 0.575. The predicted octanol–water partition coefficient (Wildman–Crippen LogP) is 3.09. The Morgan fingerprint density at radius 3 is 2.00 bits per heavy atom. The van der Waals surface area contributed by atoms with E-state index < -0.39 is 0 Å². The van der Waals surface area contributed by atoms with E-state index in [0.717, 1.165) is 10.9 Å². The fourth-order valence-corrected chi connectivity index (χ4v) is 0.787. The summed E-state index contributed by atoms with van der Waals surface area (Å²) in [6.07, 6.45) is 0. The van der Waals surface area contributed by atoms with Gasteiger partial charge in [0.05, 0.1) is 0 Å². The van der Waals surface area contributed by atoms with Crippen molar-refractivity contribution in [2.45, 2.75) is 6.92 Å². The van der Waals surface area contributed by atoms with Crippen molar-refractivity contribution in [3.8, 4) is 0 Å². The molecule has 0 bridgehead atoms. The third kappa shape index (κ3) is 3.39. The third-order valence-electron chi connectivity index (χ3n) is 0.523. The van der Waals surface area contributed by atoms with Crippen LogP contribution in [0.25, 0.3) is 0 Å². The van der Waals surface area contributed by atoms with E-state index in [2.05, 4.69) is 15.9 Å². The van der Waals surface area contributed by atoms with Crippen LogP contribution in [0.4, 0.5) is 0 Å². The molecule has 0 aliphatic heterocycles. The Morgan fingerprint density at radius 2 is 2.00 bits per heavy atom. The molecule has 0 amide bonds. The first-order valence-corrected chi connectivity index (χ1v) is 3.63. The first kappa shape index (κ1) is 7.80. The van der Waals surface area contributed by atoms with E-state index in [4.69, 9.17) is 23.2 Å². The van der Waals surface area contributed by atoms with E-state index >= 15 is 0 Å². The molecule has 0 aliphatic rings. The molecule has 0 aromatic rings. The lowest BCUT2D eigenvalue weighted by molar-refractivity contribution is 1.43. The lowest BCUT2D eigenvalue weighted by atomic mass is 10.4. The summed E-state index contributed by atoms with van der Waals surface area (Å²) < 4.78 is 0.358. The second-order valence-electron chi connectivity index (χ2n) is 1.17. The maximum atomic E-state index is 5.34. The molecular weight excluding hydrogens is 199 g/mol. The molecule has 0 aliphatic carbocycles. The van der Waals surface area contributed by atoms with Gasteiger partial charge in [-0.25, -0.2) is 0 Å². The summed E-state index contributed by atoms with van der Waals surface area (Å²) in [5.41, 5.74) is 0.961. The third-order valence-corrected chi connectivity index (χ3v) is 2.01. The van der Waals surface area contributed by atoms with Crippen molar-refractivity contribution in [1.82, 2.24) is 0 Å². The van der Waals surface area contributed by atoms with Gasteiger partial charge in [-0.1, -0.05) is 39.1 Å². The van der Waals surface area contributed by atoms with Gasteiger partial charge >= 0.3 is 0 Å². The average Bonchev–Trinajstić information content (AvgIpc) is 1.65. The molecule has 0 aromatic heterocycles. The molecule has 3 heteroatoms. The minimum atomic E-state index is 0.358. The first-order valence-electron chi connectivity index (χ1n) is 1.75. The number of rotatable bonds is 1. The maximum Gasteiger partial charge on any atom is 0.106 e. The number of halogens is 3. The molecule has 0 heterocycles. The Kier molecular flexibility index (Phi) is 4.19. The van der Waals surface area contributed by atoms with Crippen LogP contribution in [0.2, 0.25) is 0 Å². The van der Waals surface area contributed by atoms with Crippen molar-refractivity contribution < 1.29 is 0 Å². The fraction of sp³-hybridized carbons (Fsp3) is 0.500. The molecule has 7 heavy (non-hydrogen) atoms. The van der Waals surface area contributed by atoms with E-state index in [9.17, 15) is 0 Å². The number of alkyl halides is 1. The molecule has 0 atom stereocenters. The van der Waals surface area contributed by atoms with Crippen LogP contribution in [0.3, 0.4) is 0 Å². The fourth-order valence-electron chi connectivity index (χ4n) is 0.0505. The molecule has 0 rings (SSSR count). The Labute approximate surface area is 61.6 Å². The van der Waals surface area contributed by atoms with Crippen LogP contribution in [0, 0.1) is 0 Å². The van der Waals surface area contributed by atoms with Gasteiger partial charge in [-0.15, -0.1) is 0 Å². The van der Waals surface area contributed by atoms with Crippen LogP contribution in [0.5, 0.6) is 0 Å². The summed E-state index contributed by atoms with van der Waals surface area (Å²) in [5.74, 6) is 0. The molecule has 0 aromatic carbocycles. The van der Waals surface area contributed by atoms with E-state index in [-0.39, 0.29) is 0 Å². The molecular formula is C4H5BrCl2. The highest BCUT2D eigenvalue weighted by Crippen LogP contribution is 2.14. The minimum absolute atomic E-state index is 0.358. The summed E-state index contributed by atoms with van der Waals surface area (Å²) in [7, 11) is 0. The zero-order chi connectivity index (χ0) is 5.86. The Morgan fingerprint density at radius 1 is 1.57 bits per heavy atom. The molecule has 0 radical (unpaired) electrons. The van der Waals surface area contributed by atoms with Crippen molar-refractivity contribution in [2.24, 2.45) is 0 Å². The maximum absolute atomic E-state index is 5.34. The zero-order valence-electron chi connectivity index (χ0n) is 3.84. The van der Waals surface area contributed by atoms with Crippen LogP contribution in [0.15, 0.2) is 10.1 Å². The van der Waals surface area contributed by atoms with Gasteiger partial charge in [-0.05, 0) is 12.5 Å². The van der Waals surface area contributed by atoms with Crippen molar-refractivity contribution in [2.75, 3.05) is 5.33 Å². The summed E-state index contributed by atoms with van der Waals surface area (Å²) in [5, 5.41) is 0.745. The average molecular weight is 204 g/mol. The van der Waals surface area contributed by atoms with Gasteiger partial charge in [-0.3, -0.25) is 0 Å². The van der Waals surface area contributed by atoms with E-state index in [1.165, 1.54) is 0 Å². The molecule has 0 saturated heterocycles. The second-order valence-corrected chi connectivity index (χ2v) is 2.68. The van der Waals surface area contributed by atoms with E-state index in [0.29, 0.717) is 4.49 Å². The largest absolute Gasteiger partial charge is 0.106 e. The van der Waals surface area contributed by atoms with Gasteiger partial charge in [0.25, 0.3) is 0 Å². The molecule has 42 valence electrons. The molecule has 0 fully saturated rings. The topological polar surface area (TPSA) is 0 Å². The summed E-state index contributed by atoms with van der Waals surface area (Å²) >= 11 is 13.9. The molecule has 0 saturated carbocycles. The highest BCUT2D eigenvalue weighted by atomic mass is 79.9. The van der Waals surface area contributed by atoms with Gasteiger partial charge in [0.1, 0.15) is 4.49 Å². The first-order chi connectivity index (χ1) is 3.18. The number of allylic oxidation sites excluding steroid dienone is 1. The zero-order valence-corrected chi connectivity index (χ0v) is 6.94.